The van der Waals surface area contributed by atoms with Gasteiger partial charge in [0.05, 0.1) is 12.7 Å². The van der Waals surface area contributed by atoms with Crippen molar-refractivity contribution in [1.29, 1.82) is 0 Å². The molecule has 0 atom stereocenters. The number of nitrogens with zero attached hydrogens (tertiary/aromatic N) is 1. The van der Waals surface area contributed by atoms with Crippen molar-refractivity contribution < 1.29 is 9.53 Å². The fraction of sp³-hybridized carbons (Fsp3) is 0.211. The Kier molecular flexibility index (Phi) is 6.24. The van der Waals surface area contributed by atoms with E-state index in [2.05, 4.69) is 0 Å². The molecule has 4 heteroatoms. The molecule has 2 rings (SSSR count). The normalized spacial score (nSPS) is 10.7. The Hall–Kier alpha value is -2.26. The van der Waals surface area contributed by atoms with E-state index >= 15 is 0 Å². The van der Waals surface area contributed by atoms with Gasteiger partial charge in [-0.25, -0.2) is 0 Å². The van der Waals surface area contributed by atoms with E-state index < -0.39 is 0 Å². The van der Waals surface area contributed by atoms with Crippen LogP contribution in [0.2, 0.25) is 5.02 Å². The largest absolute Gasteiger partial charge is 0.496 e. The summed E-state index contributed by atoms with van der Waals surface area (Å²) in [7, 11) is 1.54. The minimum absolute atomic E-state index is 0.0706. The molecule has 1 amide bonds. The van der Waals surface area contributed by atoms with Gasteiger partial charge in [0, 0.05) is 18.1 Å². The Labute approximate surface area is 142 Å². The molecule has 2 aromatic rings. The average molecular weight is 330 g/mol. The van der Waals surface area contributed by atoms with E-state index in [4.69, 9.17) is 16.3 Å². The summed E-state index contributed by atoms with van der Waals surface area (Å²) in [6.45, 7) is 3.11. The van der Waals surface area contributed by atoms with Gasteiger partial charge in [0.1, 0.15) is 5.75 Å². The lowest BCUT2D eigenvalue weighted by Gasteiger charge is -2.20. The van der Waals surface area contributed by atoms with Crippen molar-refractivity contribution in [1.82, 2.24) is 4.90 Å². The number of hydrogen-bond donors (Lipinski definition) is 0. The van der Waals surface area contributed by atoms with Gasteiger partial charge in [0.25, 0.3) is 5.91 Å². The van der Waals surface area contributed by atoms with E-state index in [0.29, 0.717) is 29.4 Å². The zero-order valence-electron chi connectivity index (χ0n) is 13.3. The molecule has 23 heavy (non-hydrogen) atoms. The quantitative estimate of drug-likeness (QED) is 0.779. The van der Waals surface area contributed by atoms with Crippen LogP contribution >= 0.6 is 11.6 Å². The molecule has 0 fully saturated rings. The van der Waals surface area contributed by atoms with Crippen LogP contribution in [-0.4, -0.2) is 31.0 Å². The van der Waals surface area contributed by atoms with Gasteiger partial charge in [-0.05, 0) is 30.7 Å². The summed E-state index contributed by atoms with van der Waals surface area (Å²) in [5, 5.41) is 0.547. The number of carbonyl (C=O) groups excluding carboxylic acids is 1. The first-order valence-corrected chi connectivity index (χ1v) is 7.88. The number of likely N-dealkylation sites (N-methyl/N-ethyl adjacent to an activating group) is 1. The molecule has 0 unspecified atom stereocenters. The van der Waals surface area contributed by atoms with E-state index in [9.17, 15) is 4.79 Å². The molecule has 3 nitrogen and oxygen atoms in total. The summed E-state index contributed by atoms with van der Waals surface area (Å²) >= 11 is 5.95. The number of rotatable bonds is 6. The van der Waals surface area contributed by atoms with Crippen molar-refractivity contribution in [2.24, 2.45) is 0 Å². The van der Waals surface area contributed by atoms with E-state index in [1.807, 2.05) is 49.4 Å². The van der Waals surface area contributed by atoms with Crippen LogP contribution in [0.1, 0.15) is 22.8 Å². The molecule has 0 heterocycles. The van der Waals surface area contributed by atoms with Crippen LogP contribution in [0.25, 0.3) is 6.08 Å². The number of halogens is 1. The van der Waals surface area contributed by atoms with Crippen LogP contribution in [0.3, 0.4) is 0 Å². The first-order valence-electron chi connectivity index (χ1n) is 7.50. The number of carbonyl (C=O) groups is 1. The number of amides is 1. The molecule has 0 aliphatic rings. The van der Waals surface area contributed by atoms with Gasteiger partial charge >= 0.3 is 0 Å². The molecule has 0 aliphatic heterocycles. The van der Waals surface area contributed by atoms with Crippen LogP contribution < -0.4 is 4.74 Å². The average Bonchev–Trinajstić information content (AvgIpc) is 2.59. The topological polar surface area (TPSA) is 29.5 Å². The van der Waals surface area contributed by atoms with Gasteiger partial charge in [-0.2, -0.15) is 0 Å². The van der Waals surface area contributed by atoms with Gasteiger partial charge in [-0.1, -0.05) is 54.1 Å². The van der Waals surface area contributed by atoms with Gasteiger partial charge in [0.15, 0.2) is 0 Å². The van der Waals surface area contributed by atoms with E-state index in [0.717, 1.165) is 5.56 Å². The third-order valence-electron chi connectivity index (χ3n) is 3.50. The van der Waals surface area contributed by atoms with Gasteiger partial charge < -0.3 is 9.64 Å². The highest BCUT2D eigenvalue weighted by molar-refractivity contribution is 6.30. The Bertz CT molecular complexity index is 683. The lowest BCUT2D eigenvalue weighted by molar-refractivity contribution is 0.0779. The fourth-order valence-corrected chi connectivity index (χ4v) is 2.41. The summed E-state index contributed by atoms with van der Waals surface area (Å²) < 4.78 is 5.27. The predicted octanol–water partition coefficient (Wildman–Crippen LogP) is 4.52. The second-order valence-electron chi connectivity index (χ2n) is 5.00. The highest BCUT2D eigenvalue weighted by Crippen LogP contribution is 2.24. The highest BCUT2D eigenvalue weighted by Gasteiger charge is 2.17. The first kappa shape index (κ1) is 17.1. The molecule has 0 saturated heterocycles. The Morgan fingerprint density at radius 2 is 1.96 bits per heavy atom. The molecule has 120 valence electrons. The molecule has 2 aromatic carbocycles. The lowest BCUT2D eigenvalue weighted by atomic mass is 10.1. The molecule has 0 spiro atoms. The van der Waals surface area contributed by atoms with Gasteiger partial charge in [0.2, 0.25) is 0 Å². The van der Waals surface area contributed by atoms with Crippen LogP contribution in [0.15, 0.2) is 54.6 Å². The second kappa shape index (κ2) is 8.39. The van der Waals surface area contributed by atoms with Crippen molar-refractivity contribution >= 4 is 23.6 Å². The Morgan fingerprint density at radius 1 is 1.22 bits per heavy atom. The van der Waals surface area contributed by atoms with E-state index in [1.165, 1.54) is 7.11 Å². The first-order chi connectivity index (χ1) is 11.2. The molecule has 0 saturated carbocycles. The standard InChI is InChI=1S/C19H20ClNO2/c1-3-21(13-7-10-15-8-5-4-6-9-15)19(22)17-12-11-16(20)14-18(17)23-2/h4-12,14H,3,13H2,1-2H3. The summed E-state index contributed by atoms with van der Waals surface area (Å²) in [6.07, 6.45) is 3.99. The van der Waals surface area contributed by atoms with Crippen LogP contribution in [-0.2, 0) is 0 Å². The second-order valence-corrected chi connectivity index (χ2v) is 5.44. The molecular formula is C19H20ClNO2. The van der Waals surface area contributed by atoms with Crippen LogP contribution in [0.5, 0.6) is 5.75 Å². The summed E-state index contributed by atoms with van der Waals surface area (Å²) in [5.74, 6) is 0.423. The summed E-state index contributed by atoms with van der Waals surface area (Å²) in [6, 6.07) is 15.1. The molecular weight excluding hydrogens is 310 g/mol. The molecule has 0 N–H and O–H groups in total. The minimum Gasteiger partial charge on any atom is -0.496 e. The molecule has 0 bridgehead atoms. The molecule has 0 radical (unpaired) electrons. The maximum Gasteiger partial charge on any atom is 0.257 e. The number of methoxy groups -OCH3 is 1. The van der Waals surface area contributed by atoms with Crippen molar-refractivity contribution in [2.75, 3.05) is 20.2 Å². The lowest BCUT2D eigenvalue weighted by Crippen LogP contribution is -2.31. The van der Waals surface area contributed by atoms with E-state index in [1.54, 1.807) is 23.1 Å². The maximum atomic E-state index is 12.7. The third-order valence-corrected chi connectivity index (χ3v) is 3.73. The van der Waals surface area contributed by atoms with Crippen molar-refractivity contribution in [3.63, 3.8) is 0 Å². The Morgan fingerprint density at radius 3 is 2.61 bits per heavy atom. The third kappa shape index (κ3) is 4.60. The zero-order chi connectivity index (χ0) is 16.7. The monoisotopic (exact) mass is 329 g/mol. The van der Waals surface area contributed by atoms with Gasteiger partial charge in [-0.15, -0.1) is 0 Å². The maximum absolute atomic E-state index is 12.7. The Balaban J connectivity index is 2.11. The van der Waals surface area contributed by atoms with Crippen LogP contribution in [0, 0.1) is 0 Å². The smallest absolute Gasteiger partial charge is 0.257 e. The van der Waals surface area contributed by atoms with Crippen molar-refractivity contribution in [3.8, 4) is 5.75 Å². The van der Waals surface area contributed by atoms with Crippen molar-refractivity contribution in [2.45, 2.75) is 6.92 Å². The predicted molar refractivity (Wildman–Crippen MR) is 95.1 cm³/mol. The molecule has 0 aromatic heterocycles. The summed E-state index contributed by atoms with van der Waals surface area (Å²) in [5.41, 5.74) is 1.63. The van der Waals surface area contributed by atoms with Gasteiger partial charge in [-0.3, -0.25) is 4.79 Å². The number of ether oxygens (including phenoxy) is 1. The zero-order valence-corrected chi connectivity index (χ0v) is 14.1. The minimum atomic E-state index is -0.0706. The van der Waals surface area contributed by atoms with E-state index in [-0.39, 0.29) is 5.91 Å². The number of benzene rings is 2. The van der Waals surface area contributed by atoms with Crippen molar-refractivity contribution in [3.05, 3.63) is 70.8 Å². The van der Waals surface area contributed by atoms with Crippen LogP contribution in [0.4, 0.5) is 0 Å². The SMILES string of the molecule is CCN(CC=Cc1ccccc1)C(=O)c1ccc(Cl)cc1OC. The highest BCUT2D eigenvalue weighted by atomic mass is 35.5. The summed E-state index contributed by atoms with van der Waals surface area (Å²) in [4.78, 5) is 14.4. The fourth-order valence-electron chi connectivity index (χ4n) is 2.25. The molecule has 0 aliphatic carbocycles. The number of hydrogen-bond acceptors (Lipinski definition) is 2.